The molecule has 1 aliphatic carbocycles. The molecule has 0 aromatic carbocycles. The molecule has 0 aromatic rings. The van der Waals surface area contributed by atoms with Gasteiger partial charge in [-0.1, -0.05) is 52.9 Å². The maximum atomic E-state index is 13.0. The number of unbranched alkanes of at least 4 members (excludes halogenated alkanes) is 3. The lowest BCUT2D eigenvalue weighted by atomic mass is 9.89. The number of nitrogens with zero attached hydrogens (tertiary/aromatic N) is 2. The standard InChI is InChI=1S/C23H44N2O4/c1-23(2,3)22(29)25(18-11-7-6-8-12-18)15-10-5-4-9-14-24-16-13-20(27)21(28)19(24)17-26/h18-21,26-28H,4-17H2,1-3H3. The number of carbonyl (C=O) groups is 1. The molecule has 3 atom stereocenters. The van der Waals surface area contributed by atoms with E-state index < -0.39 is 12.2 Å². The molecule has 6 heteroatoms. The first kappa shape index (κ1) is 24.6. The van der Waals surface area contributed by atoms with E-state index in [1.807, 2.05) is 20.8 Å². The molecule has 0 radical (unpaired) electrons. The number of rotatable bonds is 9. The lowest BCUT2D eigenvalue weighted by molar-refractivity contribution is -0.142. The number of aliphatic hydroxyl groups excluding tert-OH is 3. The molecule has 2 fully saturated rings. The molecule has 2 rings (SSSR count). The van der Waals surface area contributed by atoms with Gasteiger partial charge < -0.3 is 20.2 Å². The first-order chi connectivity index (χ1) is 13.8. The number of hydrogen-bond acceptors (Lipinski definition) is 5. The second kappa shape index (κ2) is 11.6. The summed E-state index contributed by atoms with van der Waals surface area (Å²) >= 11 is 0. The van der Waals surface area contributed by atoms with Crippen LogP contribution in [0.1, 0.15) is 85.0 Å². The summed E-state index contributed by atoms with van der Waals surface area (Å²) in [7, 11) is 0. The van der Waals surface area contributed by atoms with Crippen molar-refractivity contribution in [3.63, 3.8) is 0 Å². The molecule has 1 saturated carbocycles. The molecule has 29 heavy (non-hydrogen) atoms. The minimum absolute atomic E-state index is 0.122. The molecule has 0 spiro atoms. The van der Waals surface area contributed by atoms with Crippen LogP contribution in [0, 0.1) is 5.41 Å². The molecule has 1 aliphatic heterocycles. The van der Waals surface area contributed by atoms with Crippen molar-refractivity contribution in [1.82, 2.24) is 9.80 Å². The van der Waals surface area contributed by atoms with Gasteiger partial charge in [-0.2, -0.15) is 0 Å². The maximum absolute atomic E-state index is 13.0. The molecule has 0 aromatic heterocycles. The van der Waals surface area contributed by atoms with Crippen LogP contribution in [-0.4, -0.2) is 81.6 Å². The first-order valence-corrected chi connectivity index (χ1v) is 11.8. The van der Waals surface area contributed by atoms with Crippen molar-refractivity contribution in [2.24, 2.45) is 5.41 Å². The third-order valence-corrected chi connectivity index (χ3v) is 6.67. The van der Waals surface area contributed by atoms with E-state index in [4.69, 9.17) is 0 Å². The largest absolute Gasteiger partial charge is 0.395 e. The molecule has 0 bridgehead atoms. The highest BCUT2D eigenvalue weighted by molar-refractivity contribution is 5.81. The average molecular weight is 413 g/mol. The molecular weight excluding hydrogens is 368 g/mol. The van der Waals surface area contributed by atoms with Gasteiger partial charge in [-0.3, -0.25) is 9.69 Å². The van der Waals surface area contributed by atoms with Gasteiger partial charge in [0.15, 0.2) is 0 Å². The summed E-state index contributed by atoms with van der Waals surface area (Å²) in [6, 6.07) is 0.0620. The Balaban J connectivity index is 1.73. The van der Waals surface area contributed by atoms with Crippen molar-refractivity contribution in [2.75, 3.05) is 26.2 Å². The van der Waals surface area contributed by atoms with E-state index >= 15 is 0 Å². The molecule has 170 valence electrons. The predicted molar refractivity (Wildman–Crippen MR) is 116 cm³/mol. The fourth-order valence-corrected chi connectivity index (χ4v) is 4.83. The number of carbonyl (C=O) groups excluding carboxylic acids is 1. The topological polar surface area (TPSA) is 84.2 Å². The smallest absolute Gasteiger partial charge is 0.228 e. The Morgan fingerprint density at radius 1 is 1.00 bits per heavy atom. The Kier molecular flexibility index (Phi) is 9.86. The highest BCUT2D eigenvalue weighted by Gasteiger charge is 2.35. The molecule has 1 saturated heterocycles. The summed E-state index contributed by atoms with van der Waals surface area (Å²) in [4.78, 5) is 17.2. The van der Waals surface area contributed by atoms with E-state index in [1.54, 1.807) is 0 Å². The summed E-state index contributed by atoms with van der Waals surface area (Å²) in [5.41, 5.74) is -0.323. The molecule has 1 amide bonds. The van der Waals surface area contributed by atoms with Gasteiger partial charge in [0, 0.05) is 24.5 Å². The van der Waals surface area contributed by atoms with Crippen LogP contribution < -0.4 is 0 Å². The Morgan fingerprint density at radius 2 is 1.66 bits per heavy atom. The molecule has 6 nitrogen and oxygen atoms in total. The van der Waals surface area contributed by atoms with E-state index in [0.29, 0.717) is 12.5 Å². The van der Waals surface area contributed by atoms with Crippen molar-refractivity contribution >= 4 is 5.91 Å². The zero-order chi connectivity index (χ0) is 21.4. The summed E-state index contributed by atoms with van der Waals surface area (Å²) in [5.74, 6) is 0.288. The quantitative estimate of drug-likeness (QED) is 0.507. The minimum atomic E-state index is -0.860. The van der Waals surface area contributed by atoms with Gasteiger partial charge >= 0.3 is 0 Å². The minimum Gasteiger partial charge on any atom is -0.395 e. The van der Waals surface area contributed by atoms with E-state index in [2.05, 4.69) is 9.80 Å². The second-order valence-electron chi connectivity index (χ2n) is 10.1. The van der Waals surface area contributed by atoms with Gasteiger partial charge in [-0.25, -0.2) is 0 Å². The fourth-order valence-electron chi connectivity index (χ4n) is 4.83. The third-order valence-electron chi connectivity index (χ3n) is 6.67. The molecule has 1 heterocycles. The zero-order valence-corrected chi connectivity index (χ0v) is 18.9. The summed E-state index contributed by atoms with van der Waals surface area (Å²) < 4.78 is 0. The van der Waals surface area contributed by atoms with E-state index in [-0.39, 0.29) is 24.0 Å². The van der Waals surface area contributed by atoms with E-state index in [0.717, 1.165) is 58.2 Å². The van der Waals surface area contributed by atoms with Gasteiger partial charge in [0.2, 0.25) is 5.91 Å². The lowest BCUT2D eigenvalue weighted by Gasteiger charge is -2.40. The summed E-state index contributed by atoms with van der Waals surface area (Å²) in [5, 5.41) is 29.4. The number of amides is 1. The summed E-state index contributed by atoms with van der Waals surface area (Å²) in [6.07, 6.45) is 9.24. The summed E-state index contributed by atoms with van der Waals surface area (Å²) in [6.45, 7) is 8.35. The van der Waals surface area contributed by atoms with Crippen LogP contribution in [0.2, 0.25) is 0 Å². The number of likely N-dealkylation sites (tertiary alicyclic amines) is 1. The van der Waals surface area contributed by atoms with E-state index in [1.165, 1.54) is 19.3 Å². The van der Waals surface area contributed by atoms with Crippen molar-refractivity contribution in [3.8, 4) is 0 Å². The average Bonchev–Trinajstić information content (AvgIpc) is 2.69. The Labute approximate surface area is 177 Å². The first-order valence-electron chi connectivity index (χ1n) is 11.8. The Morgan fingerprint density at radius 3 is 2.28 bits per heavy atom. The highest BCUT2D eigenvalue weighted by Crippen LogP contribution is 2.27. The second-order valence-corrected chi connectivity index (χ2v) is 10.1. The van der Waals surface area contributed by atoms with Crippen LogP contribution in [0.5, 0.6) is 0 Å². The van der Waals surface area contributed by atoms with Crippen LogP contribution in [0.3, 0.4) is 0 Å². The van der Waals surface area contributed by atoms with Gasteiger partial charge in [-0.15, -0.1) is 0 Å². The highest BCUT2D eigenvalue weighted by atomic mass is 16.3. The molecule has 2 aliphatic rings. The normalized spacial score (nSPS) is 27.2. The SMILES string of the molecule is CC(C)(C)C(=O)N(CCCCCCN1CCC(O)C(O)C1CO)C1CCCCC1. The van der Waals surface area contributed by atoms with Crippen molar-refractivity contribution in [3.05, 3.63) is 0 Å². The zero-order valence-electron chi connectivity index (χ0n) is 18.9. The Bertz CT molecular complexity index is 488. The van der Waals surface area contributed by atoms with Gasteiger partial charge in [-0.05, 0) is 38.6 Å². The molecular formula is C23H44N2O4. The van der Waals surface area contributed by atoms with Crippen LogP contribution in [-0.2, 0) is 4.79 Å². The van der Waals surface area contributed by atoms with Crippen LogP contribution in [0.4, 0.5) is 0 Å². The number of hydrogen-bond donors (Lipinski definition) is 3. The van der Waals surface area contributed by atoms with Gasteiger partial charge in [0.25, 0.3) is 0 Å². The number of aliphatic hydroxyl groups is 3. The fraction of sp³-hybridized carbons (Fsp3) is 0.957. The van der Waals surface area contributed by atoms with Gasteiger partial charge in [0.05, 0.1) is 24.9 Å². The van der Waals surface area contributed by atoms with Crippen molar-refractivity contribution < 1.29 is 20.1 Å². The van der Waals surface area contributed by atoms with Crippen molar-refractivity contribution in [1.29, 1.82) is 0 Å². The van der Waals surface area contributed by atoms with E-state index in [9.17, 15) is 20.1 Å². The van der Waals surface area contributed by atoms with Crippen LogP contribution in [0.25, 0.3) is 0 Å². The van der Waals surface area contributed by atoms with Crippen LogP contribution in [0.15, 0.2) is 0 Å². The molecule has 3 N–H and O–H groups in total. The maximum Gasteiger partial charge on any atom is 0.228 e. The number of piperidine rings is 1. The van der Waals surface area contributed by atoms with Crippen LogP contribution >= 0.6 is 0 Å². The van der Waals surface area contributed by atoms with Gasteiger partial charge in [0.1, 0.15) is 0 Å². The Hall–Kier alpha value is -0.690. The molecule has 3 unspecified atom stereocenters. The predicted octanol–water partition coefficient (Wildman–Crippen LogP) is 2.54. The lowest BCUT2D eigenvalue weighted by Crippen LogP contribution is -2.56. The third kappa shape index (κ3) is 7.20. The monoisotopic (exact) mass is 412 g/mol. The van der Waals surface area contributed by atoms with Crippen molar-refractivity contribution in [2.45, 2.75) is 109 Å².